The zero-order valence-corrected chi connectivity index (χ0v) is 10.3. The van der Waals surface area contributed by atoms with Crippen LogP contribution in [0.3, 0.4) is 0 Å². The summed E-state index contributed by atoms with van der Waals surface area (Å²) in [5.41, 5.74) is 0.551. The van der Waals surface area contributed by atoms with Gasteiger partial charge >= 0.3 is 5.82 Å². The molecule has 0 atom stereocenters. The van der Waals surface area contributed by atoms with Gasteiger partial charge in [0, 0.05) is 27.6 Å². The van der Waals surface area contributed by atoms with Gasteiger partial charge in [-0.3, -0.25) is 4.79 Å². The maximum absolute atomic E-state index is 10.8. The Bertz CT molecular complexity index is 447. The van der Waals surface area contributed by atoms with Crippen molar-refractivity contribution in [3.05, 3.63) is 26.3 Å². The van der Waals surface area contributed by atoms with Gasteiger partial charge in [-0.05, 0) is 23.8 Å². The second-order valence-corrected chi connectivity index (χ2v) is 3.97. The zero-order valence-electron chi connectivity index (χ0n) is 8.69. The number of pyridine rings is 1. The lowest BCUT2D eigenvalue weighted by atomic mass is 10.2. The fourth-order valence-corrected chi connectivity index (χ4v) is 1.59. The summed E-state index contributed by atoms with van der Waals surface area (Å²) in [5.74, 6) is -0.576. The van der Waals surface area contributed by atoms with Crippen molar-refractivity contribution in [2.75, 3.05) is 6.61 Å². The summed E-state index contributed by atoms with van der Waals surface area (Å²) in [7, 11) is 0. The molecule has 0 N–H and O–H groups in total. The minimum atomic E-state index is -0.646. The molecule has 1 heterocycles. The molecule has 0 spiro atoms. The highest BCUT2D eigenvalue weighted by Crippen LogP contribution is 2.30. The molecule has 86 valence electrons. The smallest absolute Gasteiger partial charge is 0.407 e. The number of halogens is 1. The lowest BCUT2D eigenvalue weighted by Gasteiger charge is -2.07. The Labute approximate surface area is 99.9 Å². The van der Waals surface area contributed by atoms with Crippen LogP contribution in [0.15, 0.2) is 10.7 Å². The number of nitro groups is 1. The first-order valence-corrected chi connectivity index (χ1v) is 5.15. The highest BCUT2D eigenvalue weighted by Gasteiger charge is 2.21. The van der Waals surface area contributed by atoms with Crippen LogP contribution in [0.25, 0.3) is 0 Å². The number of ketones is 1. The first kappa shape index (κ1) is 12.6. The second-order valence-electron chi connectivity index (χ2n) is 3.16. The van der Waals surface area contributed by atoms with Crippen molar-refractivity contribution in [2.24, 2.45) is 0 Å². The van der Waals surface area contributed by atoms with Crippen molar-refractivity contribution in [1.29, 1.82) is 0 Å². The van der Waals surface area contributed by atoms with Gasteiger partial charge in [0.2, 0.25) is 10.4 Å². The molecule has 0 aliphatic heterocycles. The number of rotatable bonds is 4. The molecule has 1 aromatic heterocycles. The van der Waals surface area contributed by atoms with E-state index in [0.717, 1.165) is 0 Å². The molecule has 1 aromatic rings. The van der Waals surface area contributed by atoms with E-state index in [-0.39, 0.29) is 18.1 Å². The van der Waals surface area contributed by atoms with Crippen molar-refractivity contribution >= 4 is 27.5 Å². The predicted molar refractivity (Wildman–Crippen MR) is 59.5 cm³/mol. The summed E-state index contributed by atoms with van der Waals surface area (Å²) in [6.07, 6.45) is 0. The molecule has 6 nitrogen and oxygen atoms in total. The van der Waals surface area contributed by atoms with Gasteiger partial charge in [0.1, 0.15) is 6.61 Å². The van der Waals surface area contributed by atoms with E-state index in [0.29, 0.717) is 10.2 Å². The normalized spacial score (nSPS) is 9.94. The van der Waals surface area contributed by atoms with Crippen molar-refractivity contribution in [3.8, 4) is 5.75 Å². The molecular formula is C9H9BrN2O4. The molecule has 0 fully saturated rings. The summed E-state index contributed by atoms with van der Waals surface area (Å²) in [6, 6.07) is 1.59. The summed E-state index contributed by atoms with van der Waals surface area (Å²) in [6.45, 7) is 2.79. The van der Waals surface area contributed by atoms with Crippen LogP contribution in [0, 0.1) is 17.0 Å². The minimum Gasteiger partial charge on any atom is -0.478 e. The molecule has 0 amide bonds. The van der Waals surface area contributed by atoms with Gasteiger partial charge in [0.05, 0.1) is 0 Å². The maximum atomic E-state index is 10.8. The molecular weight excluding hydrogens is 280 g/mol. The Morgan fingerprint density at radius 2 is 2.31 bits per heavy atom. The summed E-state index contributed by atoms with van der Waals surface area (Å²) in [5, 5.41) is 10.7. The largest absolute Gasteiger partial charge is 0.478 e. The number of Topliss-reactive ketones (excluding diaryl/α,β-unsaturated/α-hetero) is 1. The van der Waals surface area contributed by atoms with Gasteiger partial charge in [0.25, 0.3) is 0 Å². The van der Waals surface area contributed by atoms with Crippen LogP contribution in [-0.4, -0.2) is 22.3 Å². The molecule has 7 heteroatoms. The number of ether oxygens (including phenoxy) is 1. The second kappa shape index (κ2) is 5.02. The maximum Gasteiger partial charge on any atom is 0.407 e. The first-order chi connectivity index (χ1) is 7.41. The highest BCUT2D eigenvalue weighted by molar-refractivity contribution is 9.10. The van der Waals surface area contributed by atoms with E-state index in [1.54, 1.807) is 13.0 Å². The van der Waals surface area contributed by atoms with Crippen LogP contribution in [-0.2, 0) is 4.79 Å². The molecule has 1 rings (SSSR count). The molecule has 0 aliphatic rings. The molecule has 0 unspecified atom stereocenters. The summed E-state index contributed by atoms with van der Waals surface area (Å²) >= 11 is 3.06. The van der Waals surface area contributed by atoms with E-state index in [1.165, 1.54) is 6.92 Å². The van der Waals surface area contributed by atoms with Gasteiger partial charge in [-0.1, -0.05) is 0 Å². The third-order valence-corrected chi connectivity index (χ3v) is 2.11. The van der Waals surface area contributed by atoms with E-state index >= 15 is 0 Å². The Balaban J connectivity index is 3.14. The van der Waals surface area contributed by atoms with Crippen LogP contribution in [0.1, 0.15) is 12.5 Å². The van der Waals surface area contributed by atoms with Gasteiger partial charge in [-0.25, -0.2) is 0 Å². The number of carbonyl (C=O) groups excluding carboxylic acids is 1. The van der Waals surface area contributed by atoms with Crippen LogP contribution in [0.5, 0.6) is 5.75 Å². The van der Waals surface area contributed by atoms with E-state index in [9.17, 15) is 14.9 Å². The van der Waals surface area contributed by atoms with Crippen LogP contribution < -0.4 is 4.74 Å². The number of aromatic nitrogens is 1. The standard InChI is InChI=1S/C9H9BrN2O4/c1-5-3-7(10)11-9(12(14)15)8(5)16-4-6(2)13/h3H,4H2,1-2H3. The van der Waals surface area contributed by atoms with Crippen LogP contribution in [0.4, 0.5) is 5.82 Å². The lowest BCUT2D eigenvalue weighted by Crippen LogP contribution is -2.09. The SMILES string of the molecule is CC(=O)COc1c(C)cc(Br)nc1[N+](=O)[O-]. The summed E-state index contributed by atoms with van der Waals surface area (Å²) in [4.78, 5) is 24.5. The topological polar surface area (TPSA) is 82.3 Å². The fourth-order valence-electron chi connectivity index (χ4n) is 1.08. The predicted octanol–water partition coefficient (Wildman–Crippen LogP) is 2.03. The molecule has 0 bridgehead atoms. The van der Waals surface area contributed by atoms with Gasteiger partial charge in [0.15, 0.2) is 5.78 Å². The number of aryl methyl sites for hydroxylation is 1. The molecule has 0 saturated carbocycles. The highest BCUT2D eigenvalue weighted by atomic mass is 79.9. The third kappa shape index (κ3) is 2.99. The zero-order chi connectivity index (χ0) is 12.3. The molecule has 0 saturated heterocycles. The Morgan fingerprint density at radius 3 is 2.81 bits per heavy atom. The molecule has 0 aliphatic carbocycles. The summed E-state index contributed by atoms with van der Waals surface area (Å²) < 4.78 is 5.42. The van der Waals surface area contributed by atoms with E-state index in [2.05, 4.69) is 20.9 Å². The Kier molecular flexibility index (Phi) is 3.94. The first-order valence-electron chi connectivity index (χ1n) is 4.35. The third-order valence-electron chi connectivity index (χ3n) is 1.70. The van der Waals surface area contributed by atoms with Crippen LogP contribution in [0.2, 0.25) is 0 Å². The van der Waals surface area contributed by atoms with E-state index < -0.39 is 10.7 Å². The van der Waals surface area contributed by atoms with Crippen molar-refractivity contribution in [3.63, 3.8) is 0 Å². The lowest BCUT2D eigenvalue weighted by molar-refractivity contribution is -0.390. The number of hydrogen-bond acceptors (Lipinski definition) is 5. The van der Waals surface area contributed by atoms with Crippen molar-refractivity contribution in [2.45, 2.75) is 13.8 Å². The van der Waals surface area contributed by atoms with Crippen molar-refractivity contribution < 1.29 is 14.5 Å². The number of hydrogen-bond donors (Lipinski definition) is 0. The van der Waals surface area contributed by atoms with Gasteiger partial charge < -0.3 is 14.9 Å². The number of nitrogens with zero attached hydrogens (tertiary/aromatic N) is 2. The van der Waals surface area contributed by atoms with E-state index in [1.807, 2.05) is 0 Å². The average Bonchev–Trinajstić information content (AvgIpc) is 2.14. The molecule has 0 radical (unpaired) electrons. The quantitative estimate of drug-likeness (QED) is 0.481. The Morgan fingerprint density at radius 1 is 1.69 bits per heavy atom. The average molecular weight is 289 g/mol. The fraction of sp³-hybridized carbons (Fsp3) is 0.333. The number of carbonyl (C=O) groups is 1. The minimum absolute atomic E-state index is 0.0309. The van der Waals surface area contributed by atoms with Crippen molar-refractivity contribution in [1.82, 2.24) is 4.98 Å². The Hall–Kier alpha value is -1.50. The van der Waals surface area contributed by atoms with Gasteiger partial charge in [-0.2, -0.15) is 0 Å². The monoisotopic (exact) mass is 288 g/mol. The van der Waals surface area contributed by atoms with Gasteiger partial charge in [-0.15, -0.1) is 0 Å². The molecule has 0 aromatic carbocycles. The van der Waals surface area contributed by atoms with E-state index in [4.69, 9.17) is 4.74 Å². The van der Waals surface area contributed by atoms with Crippen LogP contribution >= 0.6 is 15.9 Å². The molecule has 16 heavy (non-hydrogen) atoms.